The van der Waals surface area contributed by atoms with E-state index in [-0.39, 0.29) is 11.9 Å². The third-order valence-electron chi connectivity index (χ3n) is 2.31. The molecule has 2 nitrogen and oxygen atoms in total. The molecule has 0 amide bonds. The molecule has 1 atom stereocenters. The molecular weight excluding hydrogens is 193 g/mol. The van der Waals surface area contributed by atoms with Crippen molar-refractivity contribution in [2.45, 2.75) is 32.4 Å². The summed E-state index contributed by atoms with van der Waals surface area (Å²) in [4.78, 5) is 0. The third-order valence-corrected chi connectivity index (χ3v) is 2.31. The van der Waals surface area contributed by atoms with Crippen LogP contribution in [0.5, 0.6) is 0 Å². The van der Waals surface area contributed by atoms with Gasteiger partial charge in [-0.05, 0) is 13.0 Å². The summed E-state index contributed by atoms with van der Waals surface area (Å²) >= 11 is 0. The fourth-order valence-electron chi connectivity index (χ4n) is 1.40. The molecule has 2 N–H and O–H groups in total. The zero-order valence-electron chi connectivity index (χ0n) is 9.42. The molecule has 0 aliphatic rings. The van der Waals surface area contributed by atoms with E-state index in [1.54, 1.807) is 25.1 Å². The minimum Gasteiger partial charge on any atom is -0.384 e. The van der Waals surface area contributed by atoms with E-state index in [9.17, 15) is 9.50 Å². The largest absolute Gasteiger partial charge is 0.384 e. The lowest BCUT2D eigenvalue weighted by molar-refractivity contribution is 0.0512. The van der Waals surface area contributed by atoms with Gasteiger partial charge >= 0.3 is 0 Å². The Bertz CT molecular complexity index is 323. The predicted octanol–water partition coefficient (Wildman–Crippen LogP) is 2.03. The first-order chi connectivity index (χ1) is 6.93. The Kier molecular flexibility index (Phi) is 3.83. The topological polar surface area (TPSA) is 32.3 Å². The number of rotatable bonds is 4. The fourth-order valence-corrected chi connectivity index (χ4v) is 1.40. The zero-order chi connectivity index (χ0) is 11.5. The molecule has 0 aromatic heterocycles. The first-order valence-corrected chi connectivity index (χ1v) is 5.14. The van der Waals surface area contributed by atoms with Crippen molar-refractivity contribution >= 4 is 0 Å². The van der Waals surface area contributed by atoms with Crippen molar-refractivity contribution in [2.24, 2.45) is 0 Å². The van der Waals surface area contributed by atoms with E-state index in [2.05, 4.69) is 5.32 Å². The number of hydrogen-bond donors (Lipinski definition) is 2. The molecule has 1 unspecified atom stereocenters. The molecule has 84 valence electrons. The summed E-state index contributed by atoms with van der Waals surface area (Å²) in [6.45, 7) is 5.92. The molecule has 0 aliphatic carbocycles. The highest BCUT2D eigenvalue weighted by Crippen LogP contribution is 2.22. The Morgan fingerprint density at radius 1 is 1.40 bits per heavy atom. The first-order valence-electron chi connectivity index (χ1n) is 5.14. The maximum Gasteiger partial charge on any atom is 0.129 e. The van der Waals surface area contributed by atoms with Gasteiger partial charge in [-0.1, -0.05) is 32.0 Å². The average Bonchev–Trinajstić information content (AvgIpc) is 2.15. The van der Waals surface area contributed by atoms with Gasteiger partial charge in [-0.2, -0.15) is 0 Å². The van der Waals surface area contributed by atoms with Crippen molar-refractivity contribution in [3.63, 3.8) is 0 Å². The Morgan fingerprint density at radius 3 is 2.53 bits per heavy atom. The molecule has 0 bridgehead atoms. The Hall–Kier alpha value is -0.930. The molecule has 1 aromatic rings. The van der Waals surface area contributed by atoms with Crippen molar-refractivity contribution in [1.82, 2.24) is 5.32 Å². The Morgan fingerprint density at radius 2 is 2.00 bits per heavy atom. The molecule has 0 aliphatic heterocycles. The number of aliphatic hydroxyl groups is 1. The lowest BCUT2D eigenvalue weighted by atomic mass is 9.95. The van der Waals surface area contributed by atoms with E-state index in [1.807, 2.05) is 13.8 Å². The number of benzene rings is 1. The van der Waals surface area contributed by atoms with Gasteiger partial charge in [0.1, 0.15) is 11.4 Å². The summed E-state index contributed by atoms with van der Waals surface area (Å²) in [5.41, 5.74) is -0.839. The SMILES string of the molecule is CC(C)NCC(C)(O)c1ccccc1F. The molecule has 0 radical (unpaired) electrons. The summed E-state index contributed by atoms with van der Waals surface area (Å²) in [5.74, 6) is -0.368. The van der Waals surface area contributed by atoms with Crippen molar-refractivity contribution in [3.05, 3.63) is 35.6 Å². The zero-order valence-corrected chi connectivity index (χ0v) is 9.42. The van der Waals surface area contributed by atoms with Crippen molar-refractivity contribution in [1.29, 1.82) is 0 Å². The second kappa shape index (κ2) is 4.73. The average molecular weight is 211 g/mol. The van der Waals surface area contributed by atoms with Crippen LogP contribution in [-0.4, -0.2) is 17.7 Å². The van der Waals surface area contributed by atoms with Crippen molar-refractivity contribution in [2.75, 3.05) is 6.54 Å². The summed E-state index contributed by atoms with van der Waals surface area (Å²) < 4.78 is 13.4. The standard InChI is InChI=1S/C12H18FNO/c1-9(2)14-8-12(3,15)10-6-4-5-7-11(10)13/h4-7,9,14-15H,8H2,1-3H3. The van der Waals surface area contributed by atoms with Crippen molar-refractivity contribution < 1.29 is 9.50 Å². The molecule has 0 saturated heterocycles. The third kappa shape index (κ3) is 3.29. The van der Waals surface area contributed by atoms with Gasteiger partial charge in [0.05, 0.1) is 0 Å². The van der Waals surface area contributed by atoms with Crippen LogP contribution in [0.15, 0.2) is 24.3 Å². The van der Waals surface area contributed by atoms with Crippen LogP contribution < -0.4 is 5.32 Å². The van der Waals surface area contributed by atoms with Gasteiger partial charge in [0, 0.05) is 18.2 Å². The molecule has 1 rings (SSSR count). The van der Waals surface area contributed by atoms with E-state index < -0.39 is 5.60 Å². The lowest BCUT2D eigenvalue weighted by Gasteiger charge is -2.25. The van der Waals surface area contributed by atoms with Crippen LogP contribution in [0.1, 0.15) is 26.3 Å². The summed E-state index contributed by atoms with van der Waals surface area (Å²) in [7, 11) is 0. The highest BCUT2D eigenvalue weighted by Gasteiger charge is 2.25. The van der Waals surface area contributed by atoms with Gasteiger partial charge < -0.3 is 10.4 Å². The number of halogens is 1. The van der Waals surface area contributed by atoms with Crippen LogP contribution in [0.3, 0.4) is 0 Å². The van der Waals surface area contributed by atoms with E-state index >= 15 is 0 Å². The smallest absolute Gasteiger partial charge is 0.129 e. The Labute approximate surface area is 90.1 Å². The van der Waals surface area contributed by atoms with E-state index in [4.69, 9.17) is 0 Å². The van der Waals surface area contributed by atoms with Gasteiger partial charge in [0.25, 0.3) is 0 Å². The summed E-state index contributed by atoms with van der Waals surface area (Å²) in [5, 5.41) is 13.2. The number of hydrogen-bond acceptors (Lipinski definition) is 2. The highest BCUT2D eigenvalue weighted by molar-refractivity contribution is 5.23. The van der Waals surface area contributed by atoms with Gasteiger partial charge in [-0.25, -0.2) is 4.39 Å². The highest BCUT2D eigenvalue weighted by atomic mass is 19.1. The van der Waals surface area contributed by atoms with Crippen LogP contribution >= 0.6 is 0 Å². The molecule has 0 saturated carbocycles. The lowest BCUT2D eigenvalue weighted by Crippen LogP contribution is -2.39. The van der Waals surface area contributed by atoms with Crippen LogP contribution in [0, 0.1) is 5.82 Å². The maximum absolute atomic E-state index is 13.4. The molecular formula is C12H18FNO. The van der Waals surface area contributed by atoms with Crippen LogP contribution in [-0.2, 0) is 5.60 Å². The quantitative estimate of drug-likeness (QED) is 0.798. The maximum atomic E-state index is 13.4. The molecule has 0 fully saturated rings. The Balaban J connectivity index is 2.81. The molecule has 0 heterocycles. The molecule has 1 aromatic carbocycles. The monoisotopic (exact) mass is 211 g/mol. The normalized spacial score (nSPS) is 15.3. The van der Waals surface area contributed by atoms with Gasteiger partial charge in [0.15, 0.2) is 0 Å². The first kappa shape index (κ1) is 12.1. The van der Waals surface area contributed by atoms with E-state index in [0.29, 0.717) is 12.1 Å². The molecule has 15 heavy (non-hydrogen) atoms. The second-order valence-corrected chi connectivity index (χ2v) is 4.29. The fraction of sp³-hybridized carbons (Fsp3) is 0.500. The van der Waals surface area contributed by atoms with Crippen LogP contribution in [0.25, 0.3) is 0 Å². The van der Waals surface area contributed by atoms with E-state index in [1.165, 1.54) is 6.07 Å². The van der Waals surface area contributed by atoms with Crippen LogP contribution in [0.2, 0.25) is 0 Å². The molecule has 0 spiro atoms. The minimum absolute atomic E-state index is 0.267. The predicted molar refractivity (Wildman–Crippen MR) is 59.1 cm³/mol. The molecule has 3 heteroatoms. The summed E-state index contributed by atoms with van der Waals surface area (Å²) in [6.07, 6.45) is 0. The minimum atomic E-state index is -1.17. The van der Waals surface area contributed by atoms with Gasteiger partial charge in [0.2, 0.25) is 0 Å². The van der Waals surface area contributed by atoms with Crippen molar-refractivity contribution in [3.8, 4) is 0 Å². The van der Waals surface area contributed by atoms with Crippen LogP contribution in [0.4, 0.5) is 4.39 Å². The van der Waals surface area contributed by atoms with E-state index in [0.717, 1.165) is 0 Å². The summed E-state index contributed by atoms with van der Waals surface area (Å²) in [6, 6.07) is 6.58. The number of nitrogens with one attached hydrogen (secondary N) is 1. The van der Waals surface area contributed by atoms with Gasteiger partial charge in [-0.3, -0.25) is 0 Å². The van der Waals surface area contributed by atoms with Gasteiger partial charge in [-0.15, -0.1) is 0 Å². The second-order valence-electron chi connectivity index (χ2n) is 4.29.